The number of hydrogen-bond acceptors (Lipinski definition) is 4. The molecule has 0 unspecified atom stereocenters. The van der Waals surface area contributed by atoms with E-state index in [1.807, 2.05) is 51.7 Å². The molecule has 2 heterocycles. The largest absolute Gasteiger partial charge is 0.444 e. The van der Waals surface area contributed by atoms with E-state index in [1.54, 1.807) is 6.07 Å². The third-order valence-electron chi connectivity index (χ3n) is 4.45. The minimum absolute atomic E-state index is 0.252. The predicted octanol–water partition coefficient (Wildman–Crippen LogP) is 5.27. The number of halogens is 1. The molecule has 5 nitrogen and oxygen atoms in total. The molecule has 1 amide bonds. The van der Waals surface area contributed by atoms with Crippen molar-refractivity contribution in [3.05, 3.63) is 46.9 Å². The lowest BCUT2D eigenvalue weighted by molar-refractivity contribution is 0.0635. The van der Waals surface area contributed by atoms with Gasteiger partial charge in [0.25, 0.3) is 0 Å². The maximum atomic E-state index is 13.8. The van der Waals surface area contributed by atoms with Crippen molar-refractivity contribution in [1.29, 1.82) is 0 Å². The maximum Gasteiger partial charge on any atom is 0.412 e. The van der Waals surface area contributed by atoms with Crippen LogP contribution in [0.5, 0.6) is 0 Å². The summed E-state index contributed by atoms with van der Waals surface area (Å²) < 4.78 is 19.1. The van der Waals surface area contributed by atoms with Crippen molar-refractivity contribution in [2.24, 2.45) is 0 Å². The highest BCUT2D eigenvalue weighted by Gasteiger charge is 2.22. The van der Waals surface area contributed by atoms with Gasteiger partial charge in [-0.1, -0.05) is 6.07 Å². The smallest absolute Gasteiger partial charge is 0.412 e. The Morgan fingerprint density at radius 1 is 1.26 bits per heavy atom. The van der Waals surface area contributed by atoms with Gasteiger partial charge in [0.2, 0.25) is 0 Å². The van der Waals surface area contributed by atoms with Gasteiger partial charge < -0.3 is 9.64 Å². The Morgan fingerprint density at radius 2 is 2.00 bits per heavy atom. The molecule has 0 atom stereocenters. The molecule has 1 aromatic heterocycles. The Labute approximate surface area is 159 Å². The van der Waals surface area contributed by atoms with Crippen molar-refractivity contribution in [3.8, 4) is 0 Å². The van der Waals surface area contributed by atoms with Crippen molar-refractivity contribution in [3.63, 3.8) is 0 Å². The topological polar surface area (TPSA) is 54.5 Å². The molecule has 1 aliphatic heterocycles. The van der Waals surface area contributed by atoms with E-state index in [1.165, 1.54) is 6.07 Å². The number of benzene rings is 1. The average molecular weight is 371 g/mol. The summed E-state index contributed by atoms with van der Waals surface area (Å²) in [6.45, 7) is 10.0. The number of hydrogen-bond donors (Lipinski definition) is 1. The van der Waals surface area contributed by atoms with Gasteiger partial charge in [-0.25, -0.2) is 14.2 Å². The second kappa shape index (κ2) is 7.18. The van der Waals surface area contributed by atoms with Crippen LogP contribution in [0.3, 0.4) is 0 Å². The van der Waals surface area contributed by atoms with E-state index < -0.39 is 11.7 Å². The van der Waals surface area contributed by atoms with E-state index in [9.17, 15) is 9.18 Å². The molecule has 1 aromatic carbocycles. The van der Waals surface area contributed by atoms with E-state index in [2.05, 4.69) is 10.3 Å². The normalized spacial score (nSPS) is 13.9. The molecule has 1 aliphatic rings. The Bertz CT molecular complexity index is 851. The molecule has 1 N–H and O–H groups in total. The molecule has 0 saturated carbocycles. The van der Waals surface area contributed by atoms with Crippen molar-refractivity contribution in [2.45, 2.75) is 53.1 Å². The highest BCUT2D eigenvalue weighted by molar-refractivity contribution is 5.87. The third-order valence-corrected chi connectivity index (χ3v) is 4.45. The summed E-state index contributed by atoms with van der Waals surface area (Å²) in [5, 5.41) is 2.79. The minimum Gasteiger partial charge on any atom is -0.444 e. The van der Waals surface area contributed by atoms with Crippen molar-refractivity contribution in [1.82, 2.24) is 4.98 Å². The SMILES string of the molecule is Cc1cc(N2CCCc3ccc(F)cc32)nc(C)c1NC(=O)OC(C)(C)C. The molecular formula is C21H26FN3O2. The molecule has 0 saturated heterocycles. The van der Waals surface area contributed by atoms with Crippen LogP contribution in [0.2, 0.25) is 0 Å². The zero-order chi connectivity index (χ0) is 19.8. The number of rotatable bonds is 2. The molecule has 0 fully saturated rings. The van der Waals surface area contributed by atoms with Gasteiger partial charge in [-0.05, 0) is 76.8 Å². The van der Waals surface area contributed by atoms with Gasteiger partial charge in [0.05, 0.1) is 11.4 Å². The van der Waals surface area contributed by atoms with Crippen LogP contribution in [0, 0.1) is 19.7 Å². The van der Waals surface area contributed by atoms with Crippen LogP contribution in [-0.4, -0.2) is 23.2 Å². The van der Waals surface area contributed by atoms with Crippen molar-refractivity contribution >= 4 is 23.3 Å². The zero-order valence-corrected chi connectivity index (χ0v) is 16.5. The predicted molar refractivity (Wildman–Crippen MR) is 105 cm³/mol. The Morgan fingerprint density at radius 3 is 2.67 bits per heavy atom. The number of anilines is 3. The monoisotopic (exact) mass is 371 g/mol. The molecule has 0 bridgehead atoms. The Kier molecular flexibility index (Phi) is 5.09. The molecule has 27 heavy (non-hydrogen) atoms. The lowest BCUT2D eigenvalue weighted by Gasteiger charge is -2.31. The average Bonchev–Trinajstić information content (AvgIpc) is 2.55. The second-order valence-corrected chi connectivity index (χ2v) is 7.91. The Hall–Kier alpha value is -2.63. The van der Waals surface area contributed by atoms with E-state index in [0.717, 1.165) is 42.0 Å². The van der Waals surface area contributed by atoms with Crippen LogP contribution in [0.25, 0.3) is 0 Å². The summed E-state index contributed by atoms with van der Waals surface area (Å²) in [4.78, 5) is 18.8. The highest BCUT2D eigenvalue weighted by Crippen LogP contribution is 2.35. The van der Waals surface area contributed by atoms with Gasteiger partial charge in [0.15, 0.2) is 0 Å². The number of amides is 1. The number of carbonyl (C=O) groups excluding carboxylic acids is 1. The van der Waals surface area contributed by atoms with Crippen LogP contribution in [0.4, 0.5) is 26.4 Å². The first-order valence-electron chi connectivity index (χ1n) is 9.18. The number of aromatic nitrogens is 1. The quantitative estimate of drug-likeness (QED) is 0.781. The maximum absolute atomic E-state index is 13.8. The summed E-state index contributed by atoms with van der Waals surface area (Å²) in [7, 11) is 0. The standard InChI is InChI=1S/C21H26FN3O2/c1-13-11-18(23-14(2)19(13)24-20(26)27-21(3,4)5)25-10-6-7-15-8-9-16(22)12-17(15)25/h8-9,11-12H,6-7,10H2,1-5H3,(H,24,26). The van der Waals surface area contributed by atoms with Crippen LogP contribution in [0.15, 0.2) is 24.3 Å². The van der Waals surface area contributed by atoms with E-state index >= 15 is 0 Å². The minimum atomic E-state index is -0.569. The first-order chi connectivity index (χ1) is 12.6. The molecule has 0 radical (unpaired) electrons. The van der Waals surface area contributed by atoms with E-state index in [-0.39, 0.29) is 5.82 Å². The fourth-order valence-electron chi connectivity index (χ4n) is 3.33. The van der Waals surface area contributed by atoms with Crippen molar-refractivity contribution in [2.75, 3.05) is 16.8 Å². The first-order valence-corrected chi connectivity index (χ1v) is 9.18. The van der Waals surface area contributed by atoms with Crippen LogP contribution < -0.4 is 10.2 Å². The number of pyridine rings is 1. The van der Waals surface area contributed by atoms with Gasteiger partial charge in [-0.3, -0.25) is 5.32 Å². The number of ether oxygens (including phenoxy) is 1. The molecule has 3 rings (SSSR count). The van der Waals surface area contributed by atoms with Crippen LogP contribution in [-0.2, 0) is 11.2 Å². The van der Waals surface area contributed by atoms with Crippen molar-refractivity contribution < 1.29 is 13.9 Å². The summed E-state index contributed by atoms with van der Waals surface area (Å²) >= 11 is 0. The lowest BCUT2D eigenvalue weighted by Crippen LogP contribution is -2.28. The van der Waals surface area contributed by atoms with Gasteiger partial charge in [0, 0.05) is 12.2 Å². The first kappa shape index (κ1) is 19.1. The summed E-state index contributed by atoms with van der Waals surface area (Å²) in [5.74, 6) is 0.503. The number of nitrogens with one attached hydrogen (secondary N) is 1. The third kappa shape index (κ3) is 4.38. The number of fused-ring (bicyclic) bond motifs is 1. The zero-order valence-electron chi connectivity index (χ0n) is 16.5. The number of aryl methyl sites for hydroxylation is 3. The molecule has 0 aliphatic carbocycles. The Balaban J connectivity index is 1.90. The molecule has 2 aromatic rings. The summed E-state index contributed by atoms with van der Waals surface area (Å²) in [5.41, 5.74) is 3.63. The van der Waals surface area contributed by atoms with Gasteiger partial charge in [-0.2, -0.15) is 0 Å². The van der Waals surface area contributed by atoms with Gasteiger partial charge in [-0.15, -0.1) is 0 Å². The van der Waals surface area contributed by atoms with Gasteiger partial charge >= 0.3 is 6.09 Å². The van der Waals surface area contributed by atoms with Crippen LogP contribution >= 0.6 is 0 Å². The summed E-state index contributed by atoms with van der Waals surface area (Å²) in [6.07, 6.45) is 1.41. The molecular weight excluding hydrogens is 345 g/mol. The number of carbonyl (C=O) groups is 1. The molecule has 6 heteroatoms. The molecule has 0 spiro atoms. The van der Waals surface area contributed by atoms with Crippen LogP contribution in [0.1, 0.15) is 44.0 Å². The summed E-state index contributed by atoms with van der Waals surface area (Å²) in [6, 6.07) is 6.82. The van der Waals surface area contributed by atoms with Gasteiger partial charge in [0.1, 0.15) is 17.2 Å². The second-order valence-electron chi connectivity index (χ2n) is 7.91. The highest BCUT2D eigenvalue weighted by atomic mass is 19.1. The fraction of sp³-hybridized carbons (Fsp3) is 0.429. The van der Waals surface area contributed by atoms with E-state index in [0.29, 0.717) is 11.4 Å². The van der Waals surface area contributed by atoms with E-state index in [4.69, 9.17) is 4.74 Å². The number of nitrogens with zero attached hydrogens (tertiary/aromatic N) is 2. The fourth-order valence-corrected chi connectivity index (χ4v) is 3.33. The lowest BCUT2D eigenvalue weighted by atomic mass is 10.0. The molecule has 144 valence electrons.